The second kappa shape index (κ2) is 20.8. The van der Waals surface area contributed by atoms with Gasteiger partial charge >= 0.3 is 0 Å². The van der Waals surface area contributed by atoms with E-state index >= 15 is 0 Å². The van der Waals surface area contributed by atoms with Gasteiger partial charge < -0.3 is 14.7 Å². The van der Waals surface area contributed by atoms with Crippen molar-refractivity contribution in [2.75, 3.05) is 27.7 Å². The smallest absolute Gasteiger partial charge is 0.136 e. The summed E-state index contributed by atoms with van der Waals surface area (Å²) in [5, 5.41) is 0. The van der Waals surface area contributed by atoms with Gasteiger partial charge in [0.05, 0.1) is 27.7 Å². The highest BCUT2D eigenvalue weighted by Gasteiger charge is 1.99. The summed E-state index contributed by atoms with van der Waals surface area (Å²) in [5.41, 5.74) is 0. The maximum atomic E-state index is 5.53. The molecule has 0 aromatic carbocycles. The molecule has 0 spiro atoms. The lowest BCUT2D eigenvalue weighted by atomic mass is 10.0. The van der Waals surface area contributed by atoms with Crippen molar-refractivity contribution >= 4 is 0 Å². The monoisotopic (exact) mass is 371 g/mol. The number of quaternary nitrogens is 1. The van der Waals surface area contributed by atoms with E-state index < -0.39 is 0 Å². The predicted molar refractivity (Wildman–Crippen MR) is 115 cm³/mol. The van der Waals surface area contributed by atoms with Crippen LogP contribution in [-0.4, -0.2) is 37.7 Å². The molecule has 1 N–H and O–H groups in total. The van der Waals surface area contributed by atoms with E-state index in [0.717, 1.165) is 11.1 Å². The van der Waals surface area contributed by atoms with Gasteiger partial charge in [-0.05, 0) is 6.42 Å². The molecule has 3 nitrogen and oxygen atoms in total. The minimum Gasteiger partial charge on any atom is -0.870 e. The van der Waals surface area contributed by atoms with Gasteiger partial charge in [0.1, 0.15) is 12.5 Å². The zero-order valence-electron chi connectivity index (χ0n) is 18.5. The molecular formula is C23H49NO2. The van der Waals surface area contributed by atoms with Crippen LogP contribution >= 0.6 is 0 Å². The largest absolute Gasteiger partial charge is 0.870 e. The first-order valence-corrected chi connectivity index (χ1v) is 11.2. The Morgan fingerprint density at radius 1 is 0.577 bits per heavy atom. The summed E-state index contributed by atoms with van der Waals surface area (Å²) in [7, 11) is 6.40. The lowest BCUT2D eigenvalue weighted by Crippen LogP contribution is -2.26. The topological polar surface area (TPSA) is 39.2 Å². The van der Waals surface area contributed by atoms with Gasteiger partial charge in [0.2, 0.25) is 0 Å². The van der Waals surface area contributed by atoms with Gasteiger partial charge in [0.25, 0.3) is 0 Å². The van der Waals surface area contributed by atoms with Crippen molar-refractivity contribution in [1.29, 1.82) is 0 Å². The first kappa shape index (κ1) is 27.7. The van der Waals surface area contributed by atoms with Crippen molar-refractivity contribution < 1.29 is 14.7 Å². The van der Waals surface area contributed by atoms with E-state index in [-0.39, 0.29) is 5.48 Å². The van der Waals surface area contributed by atoms with Gasteiger partial charge in [0.15, 0.2) is 0 Å². The van der Waals surface area contributed by atoms with Crippen LogP contribution in [-0.2, 0) is 4.74 Å². The number of unbranched alkanes of at least 4 members (excludes halogenated alkanes) is 15. The lowest BCUT2D eigenvalue weighted by Gasteiger charge is -2.16. The molecule has 0 rings (SSSR count). The number of hydrogen-bond acceptors (Lipinski definition) is 2. The van der Waals surface area contributed by atoms with Crippen LogP contribution in [0.25, 0.3) is 0 Å². The summed E-state index contributed by atoms with van der Waals surface area (Å²) in [6, 6.07) is 0. The van der Waals surface area contributed by atoms with Crippen LogP contribution in [0.3, 0.4) is 0 Å². The lowest BCUT2D eigenvalue weighted by molar-refractivity contribution is -0.817. The Balaban J connectivity index is 0. The Morgan fingerprint density at radius 2 is 0.923 bits per heavy atom. The van der Waals surface area contributed by atoms with Crippen LogP contribution < -0.4 is 0 Å². The first-order valence-electron chi connectivity index (χ1n) is 11.2. The molecule has 0 unspecified atom stereocenters. The molecule has 0 bridgehead atoms. The molecule has 26 heavy (non-hydrogen) atoms. The van der Waals surface area contributed by atoms with E-state index in [1.54, 1.807) is 0 Å². The highest BCUT2D eigenvalue weighted by Crippen LogP contribution is 2.13. The van der Waals surface area contributed by atoms with Gasteiger partial charge in [-0.15, -0.1) is 0 Å². The van der Waals surface area contributed by atoms with E-state index in [1.165, 1.54) is 103 Å². The second-order valence-electron chi connectivity index (χ2n) is 8.58. The second-order valence-corrected chi connectivity index (χ2v) is 8.58. The normalized spacial score (nSPS) is 11.7. The molecule has 0 aliphatic carbocycles. The number of ether oxygens (including phenoxy) is 1. The third kappa shape index (κ3) is 25.7. The van der Waals surface area contributed by atoms with Crippen LogP contribution in [0.4, 0.5) is 0 Å². The van der Waals surface area contributed by atoms with Crippen molar-refractivity contribution in [3.05, 3.63) is 12.5 Å². The molecule has 3 heteroatoms. The minimum atomic E-state index is 0. The van der Waals surface area contributed by atoms with Gasteiger partial charge in [-0.3, -0.25) is 0 Å². The molecule has 0 aliphatic rings. The summed E-state index contributed by atoms with van der Waals surface area (Å²) in [6.45, 7) is 3.16. The molecule has 0 fully saturated rings. The fraction of sp³-hybridized carbons (Fsp3) is 0.913. The van der Waals surface area contributed by atoms with Crippen LogP contribution in [0.1, 0.15) is 110 Å². The molecule has 158 valence electrons. The molecule has 0 saturated heterocycles. The molecule has 0 amide bonds. The van der Waals surface area contributed by atoms with E-state index in [0.29, 0.717) is 0 Å². The van der Waals surface area contributed by atoms with Crippen LogP contribution in [0.2, 0.25) is 0 Å². The SMILES string of the molecule is CCCCCCCCCCCCCCCCCCOC=C[N+](C)(C)C.[OH-]. The first-order chi connectivity index (χ1) is 12.1. The average molecular weight is 372 g/mol. The Labute approximate surface area is 165 Å². The number of hydrogen-bond donors (Lipinski definition) is 0. The van der Waals surface area contributed by atoms with Crippen molar-refractivity contribution in [2.24, 2.45) is 0 Å². The highest BCUT2D eigenvalue weighted by atomic mass is 16.5. The zero-order chi connectivity index (χ0) is 18.6. The standard InChI is InChI=1S/C23H48NO.H2O/c1-5-6-7-8-9-10-11-12-13-14-15-16-17-18-19-20-22-25-23-21-24(2,3)4;/h21,23H,5-20,22H2,1-4H3;1H2/q+1;/p-1. The summed E-state index contributed by atoms with van der Waals surface area (Å²) in [5.74, 6) is 0. The summed E-state index contributed by atoms with van der Waals surface area (Å²) < 4.78 is 6.35. The molecule has 0 heterocycles. The van der Waals surface area contributed by atoms with Crippen molar-refractivity contribution in [3.8, 4) is 0 Å². The van der Waals surface area contributed by atoms with Gasteiger partial charge in [-0.1, -0.05) is 103 Å². The van der Waals surface area contributed by atoms with Gasteiger partial charge in [-0.2, -0.15) is 0 Å². The van der Waals surface area contributed by atoms with E-state index in [4.69, 9.17) is 4.74 Å². The Bertz CT molecular complexity index is 284. The van der Waals surface area contributed by atoms with E-state index in [9.17, 15) is 0 Å². The Morgan fingerprint density at radius 3 is 1.27 bits per heavy atom. The average Bonchev–Trinajstić information content (AvgIpc) is 2.56. The molecule has 0 aliphatic heterocycles. The maximum absolute atomic E-state index is 5.53. The summed E-state index contributed by atoms with van der Waals surface area (Å²) >= 11 is 0. The van der Waals surface area contributed by atoms with Crippen molar-refractivity contribution in [3.63, 3.8) is 0 Å². The van der Waals surface area contributed by atoms with Crippen molar-refractivity contribution in [1.82, 2.24) is 0 Å². The fourth-order valence-corrected chi connectivity index (χ4v) is 3.03. The molecular weight excluding hydrogens is 322 g/mol. The molecule has 0 atom stereocenters. The van der Waals surface area contributed by atoms with Crippen molar-refractivity contribution in [2.45, 2.75) is 110 Å². The predicted octanol–water partition coefficient (Wildman–Crippen LogP) is 7.27. The van der Waals surface area contributed by atoms with Crippen LogP contribution in [0, 0.1) is 0 Å². The quantitative estimate of drug-likeness (QED) is 0.136. The maximum Gasteiger partial charge on any atom is 0.136 e. The van der Waals surface area contributed by atoms with E-state index in [2.05, 4.69) is 34.3 Å². The van der Waals surface area contributed by atoms with Gasteiger partial charge in [-0.25, -0.2) is 0 Å². The van der Waals surface area contributed by atoms with E-state index in [1.807, 2.05) is 6.26 Å². The third-order valence-electron chi connectivity index (χ3n) is 4.72. The molecule has 0 radical (unpaired) electrons. The number of nitrogens with zero attached hydrogens (tertiary/aromatic N) is 1. The Kier molecular flexibility index (Phi) is 22.1. The van der Waals surface area contributed by atoms with Gasteiger partial charge in [0, 0.05) is 0 Å². The summed E-state index contributed by atoms with van der Waals surface area (Å²) in [6.07, 6.45) is 26.6. The molecule has 0 aromatic heterocycles. The zero-order valence-corrected chi connectivity index (χ0v) is 18.5. The third-order valence-corrected chi connectivity index (χ3v) is 4.72. The molecule has 0 saturated carbocycles. The molecule has 0 aromatic rings. The highest BCUT2D eigenvalue weighted by molar-refractivity contribution is 4.60. The van der Waals surface area contributed by atoms with Crippen LogP contribution in [0.5, 0.6) is 0 Å². The Hall–Kier alpha value is -0.540. The summed E-state index contributed by atoms with van der Waals surface area (Å²) in [4.78, 5) is 0. The fourth-order valence-electron chi connectivity index (χ4n) is 3.03. The number of rotatable bonds is 19. The van der Waals surface area contributed by atoms with Crippen LogP contribution in [0.15, 0.2) is 12.5 Å². The minimum absolute atomic E-state index is 0.